The van der Waals surface area contributed by atoms with Gasteiger partial charge in [-0.05, 0) is 62.3 Å². The maximum atomic E-state index is 12.5. The maximum absolute atomic E-state index is 12.5. The number of aliphatic carboxylic acids is 1. The number of carboxylic acids is 1. The van der Waals surface area contributed by atoms with E-state index in [0.717, 1.165) is 11.1 Å². The third kappa shape index (κ3) is 3.82. The molecule has 1 aromatic rings. The van der Waals surface area contributed by atoms with E-state index in [-0.39, 0.29) is 11.8 Å². The van der Waals surface area contributed by atoms with Crippen LogP contribution in [0.4, 0.5) is 0 Å². The molecule has 27 heavy (non-hydrogen) atoms. The minimum Gasteiger partial charge on any atom is -0.481 e. The van der Waals surface area contributed by atoms with Gasteiger partial charge in [0.05, 0.1) is 11.8 Å². The monoisotopic (exact) mass is 372 g/mol. The number of hydrogen-bond donors (Lipinski definition) is 3. The molecule has 5 atom stereocenters. The lowest BCUT2D eigenvalue weighted by atomic mass is 9.82. The highest BCUT2D eigenvalue weighted by atomic mass is 16.5. The van der Waals surface area contributed by atoms with Crippen molar-refractivity contribution in [3.05, 3.63) is 41.5 Å². The molecule has 2 bridgehead atoms. The Kier molecular flexibility index (Phi) is 5.21. The molecule has 3 N–H and O–H groups in total. The van der Waals surface area contributed by atoms with Gasteiger partial charge in [-0.3, -0.25) is 25.2 Å². The molecule has 1 aromatic carbocycles. The lowest BCUT2D eigenvalue weighted by Crippen LogP contribution is -2.51. The predicted octanol–water partition coefficient (Wildman–Crippen LogP) is 1.74. The van der Waals surface area contributed by atoms with Crippen molar-refractivity contribution in [2.75, 3.05) is 0 Å². The van der Waals surface area contributed by atoms with E-state index >= 15 is 0 Å². The number of carbonyl (C=O) groups excluding carboxylic acids is 2. The zero-order valence-corrected chi connectivity index (χ0v) is 15.6. The highest BCUT2D eigenvalue weighted by molar-refractivity contribution is 5.89. The van der Waals surface area contributed by atoms with Crippen LogP contribution in [0, 0.1) is 37.5 Å². The number of carboxylic acid groups (broad SMARTS) is 1. The number of ether oxygens (including phenoxy) is 1. The Labute approximate surface area is 157 Å². The van der Waals surface area contributed by atoms with Gasteiger partial charge in [0.1, 0.15) is 5.75 Å². The Balaban J connectivity index is 1.55. The Morgan fingerprint density at radius 1 is 1.07 bits per heavy atom. The van der Waals surface area contributed by atoms with Gasteiger partial charge in [-0.25, -0.2) is 0 Å². The summed E-state index contributed by atoms with van der Waals surface area (Å²) in [4.78, 5) is 36.2. The first-order chi connectivity index (χ1) is 12.8. The summed E-state index contributed by atoms with van der Waals surface area (Å²) in [6.45, 7) is 5.52. The molecule has 0 radical (unpaired) electrons. The summed E-state index contributed by atoms with van der Waals surface area (Å²) >= 11 is 0. The predicted molar refractivity (Wildman–Crippen MR) is 97.6 cm³/mol. The van der Waals surface area contributed by atoms with Crippen LogP contribution in [0.2, 0.25) is 0 Å². The molecule has 0 heterocycles. The van der Waals surface area contributed by atoms with Gasteiger partial charge in [-0.1, -0.05) is 18.2 Å². The van der Waals surface area contributed by atoms with Gasteiger partial charge in [-0.15, -0.1) is 0 Å². The van der Waals surface area contributed by atoms with E-state index in [1.807, 2.05) is 38.1 Å². The van der Waals surface area contributed by atoms with Crippen molar-refractivity contribution in [3.63, 3.8) is 0 Å². The van der Waals surface area contributed by atoms with Crippen molar-refractivity contribution in [3.8, 4) is 5.75 Å². The summed E-state index contributed by atoms with van der Waals surface area (Å²) in [5.41, 5.74) is 6.89. The molecule has 144 valence electrons. The summed E-state index contributed by atoms with van der Waals surface area (Å²) in [5.74, 6) is -3.04. The number of aryl methyl sites for hydroxylation is 2. The molecule has 7 heteroatoms. The van der Waals surface area contributed by atoms with Crippen molar-refractivity contribution < 1.29 is 24.2 Å². The summed E-state index contributed by atoms with van der Waals surface area (Å²) in [6, 6.07) is 5.53. The third-order valence-electron chi connectivity index (χ3n) is 5.52. The van der Waals surface area contributed by atoms with Crippen LogP contribution in [0.5, 0.6) is 5.75 Å². The van der Waals surface area contributed by atoms with Crippen molar-refractivity contribution in [1.82, 2.24) is 10.9 Å². The number of hydrazine groups is 1. The van der Waals surface area contributed by atoms with E-state index in [1.165, 1.54) is 0 Å². The van der Waals surface area contributed by atoms with Crippen LogP contribution in [0.1, 0.15) is 24.5 Å². The van der Waals surface area contributed by atoms with E-state index in [9.17, 15) is 19.5 Å². The fourth-order valence-electron chi connectivity index (χ4n) is 3.87. The number of carbonyl (C=O) groups is 3. The molecular formula is C20H24N2O5. The van der Waals surface area contributed by atoms with Crippen LogP contribution < -0.4 is 15.6 Å². The summed E-state index contributed by atoms with van der Waals surface area (Å²) in [6.07, 6.45) is 3.60. The van der Waals surface area contributed by atoms with Crippen LogP contribution in [0.25, 0.3) is 0 Å². The van der Waals surface area contributed by atoms with Gasteiger partial charge in [0.25, 0.3) is 5.91 Å². The van der Waals surface area contributed by atoms with Crippen molar-refractivity contribution in [1.29, 1.82) is 0 Å². The minimum absolute atomic E-state index is 0.0998. The second-order valence-electron chi connectivity index (χ2n) is 7.32. The number of hydrogen-bond acceptors (Lipinski definition) is 4. The van der Waals surface area contributed by atoms with Gasteiger partial charge < -0.3 is 9.84 Å². The molecule has 0 saturated heterocycles. The maximum Gasteiger partial charge on any atom is 0.307 e. The Bertz CT molecular complexity index is 804. The largest absolute Gasteiger partial charge is 0.481 e. The van der Waals surface area contributed by atoms with Crippen LogP contribution in [0.3, 0.4) is 0 Å². The van der Waals surface area contributed by atoms with E-state index in [4.69, 9.17) is 4.74 Å². The number of nitrogens with one attached hydrogen (secondary N) is 2. The zero-order valence-electron chi connectivity index (χ0n) is 15.6. The van der Waals surface area contributed by atoms with Crippen LogP contribution >= 0.6 is 0 Å². The number of amides is 2. The fraction of sp³-hybridized carbons (Fsp3) is 0.450. The second kappa shape index (κ2) is 7.42. The van der Waals surface area contributed by atoms with Crippen LogP contribution in [-0.2, 0) is 14.4 Å². The zero-order chi connectivity index (χ0) is 19.7. The molecule has 0 aromatic heterocycles. The van der Waals surface area contributed by atoms with Gasteiger partial charge in [-0.2, -0.15) is 0 Å². The van der Waals surface area contributed by atoms with Gasteiger partial charge in [0, 0.05) is 0 Å². The topological polar surface area (TPSA) is 105 Å². The SMILES string of the molecule is Cc1ccc(O[C@H](C)C(=O)NNC(=O)[C@@H]2[C@H](C(=O)O)[C@H]3C=C[C@H]2C3)cc1C. The van der Waals surface area contributed by atoms with E-state index in [1.54, 1.807) is 13.0 Å². The highest BCUT2D eigenvalue weighted by Gasteiger charge is 2.51. The lowest BCUT2D eigenvalue weighted by Gasteiger charge is -2.24. The number of allylic oxidation sites excluding steroid dienone is 2. The third-order valence-corrected chi connectivity index (χ3v) is 5.52. The van der Waals surface area contributed by atoms with Crippen molar-refractivity contribution in [2.45, 2.75) is 33.3 Å². The smallest absolute Gasteiger partial charge is 0.307 e. The second-order valence-corrected chi connectivity index (χ2v) is 7.32. The Morgan fingerprint density at radius 2 is 1.74 bits per heavy atom. The number of fused-ring (bicyclic) bond motifs is 2. The molecule has 0 unspecified atom stereocenters. The molecule has 2 aliphatic rings. The molecule has 0 aliphatic heterocycles. The first-order valence-corrected chi connectivity index (χ1v) is 9.02. The highest BCUT2D eigenvalue weighted by Crippen LogP contribution is 2.48. The standard InChI is InChI=1S/C20H24N2O5/c1-10-4-7-15(8-11(10)2)27-12(3)18(23)21-22-19(24)16-13-5-6-14(9-13)17(16)20(25)26/h4-8,12-14,16-17H,9H2,1-3H3,(H,21,23)(H,22,24)(H,25,26)/t12-,13+,14+,16+,17-/m1/s1. The fourth-order valence-corrected chi connectivity index (χ4v) is 3.87. The number of benzene rings is 1. The number of rotatable bonds is 5. The summed E-state index contributed by atoms with van der Waals surface area (Å²) < 4.78 is 5.61. The molecule has 1 saturated carbocycles. The van der Waals surface area contributed by atoms with E-state index in [2.05, 4.69) is 10.9 Å². The molecule has 3 rings (SSSR count). The normalized spacial score (nSPS) is 26.5. The first kappa shape index (κ1) is 18.9. The van der Waals surface area contributed by atoms with Gasteiger partial charge >= 0.3 is 5.97 Å². The molecule has 7 nitrogen and oxygen atoms in total. The first-order valence-electron chi connectivity index (χ1n) is 9.02. The molecule has 2 amide bonds. The van der Waals surface area contributed by atoms with Gasteiger partial charge in [0.15, 0.2) is 6.10 Å². The van der Waals surface area contributed by atoms with Crippen LogP contribution in [-0.4, -0.2) is 29.0 Å². The molecular weight excluding hydrogens is 348 g/mol. The summed E-state index contributed by atoms with van der Waals surface area (Å²) in [7, 11) is 0. The molecule has 0 spiro atoms. The molecule has 1 fully saturated rings. The molecule has 2 aliphatic carbocycles. The Hall–Kier alpha value is -2.83. The Morgan fingerprint density at radius 3 is 2.37 bits per heavy atom. The van der Waals surface area contributed by atoms with Crippen molar-refractivity contribution >= 4 is 17.8 Å². The van der Waals surface area contributed by atoms with Crippen molar-refractivity contribution in [2.24, 2.45) is 23.7 Å². The lowest BCUT2D eigenvalue weighted by molar-refractivity contribution is -0.148. The average Bonchev–Trinajstić information content (AvgIpc) is 3.23. The quantitative estimate of drug-likeness (QED) is 0.539. The summed E-state index contributed by atoms with van der Waals surface area (Å²) in [5, 5.41) is 9.41. The van der Waals surface area contributed by atoms with E-state index in [0.29, 0.717) is 12.2 Å². The van der Waals surface area contributed by atoms with Crippen LogP contribution in [0.15, 0.2) is 30.4 Å². The minimum atomic E-state index is -0.982. The van der Waals surface area contributed by atoms with Gasteiger partial charge in [0.2, 0.25) is 5.91 Å². The average molecular weight is 372 g/mol. The van der Waals surface area contributed by atoms with E-state index < -0.39 is 35.7 Å².